The Kier molecular flexibility index (Phi) is 5.12. The van der Waals surface area contributed by atoms with E-state index in [1.807, 2.05) is 42.5 Å². The van der Waals surface area contributed by atoms with Gasteiger partial charge in [0.25, 0.3) is 0 Å². The van der Waals surface area contributed by atoms with E-state index in [1.54, 1.807) is 20.4 Å². The third-order valence-corrected chi connectivity index (χ3v) is 5.08. The molecular formula is C22H23N3O3. The summed E-state index contributed by atoms with van der Waals surface area (Å²) in [6.45, 7) is 1.87. The summed E-state index contributed by atoms with van der Waals surface area (Å²) >= 11 is 0. The molecule has 6 heteroatoms. The van der Waals surface area contributed by atoms with Crippen LogP contribution in [0.5, 0.6) is 11.5 Å². The SMILES string of the molecule is COc1cc2c(cc1OC)CN(CC(=O)Nc1cccc3ncccc13)CC2. The fraction of sp³-hybridized carbons (Fsp3) is 0.273. The Bertz CT molecular complexity index is 1010. The van der Waals surface area contributed by atoms with Crippen molar-refractivity contribution in [2.45, 2.75) is 13.0 Å². The maximum Gasteiger partial charge on any atom is 0.238 e. The van der Waals surface area contributed by atoms with Crippen molar-refractivity contribution in [3.8, 4) is 11.5 Å². The fourth-order valence-electron chi connectivity index (χ4n) is 3.68. The number of carbonyl (C=O) groups is 1. The summed E-state index contributed by atoms with van der Waals surface area (Å²) in [7, 11) is 3.28. The van der Waals surface area contributed by atoms with Gasteiger partial charge in [0.1, 0.15) is 0 Å². The number of pyridine rings is 1. The van der Waals surface area contributed by atoms with Crippen LogP contribution in [-0.4, -0.2) is 43.1 Å². The maximum absolute atomic E-state index is 12.6. The zero-order valence-corrected chi connectivity index (χ0v) is 16.1. The number of rotatable bonds is 5. The molecule has 0 spiro atoms. The first-order chi connectivity index (χ1) is 13.7. The molecule has 0 bridgehead atoms. The summed E-state index contributed by atoms with van der Waals surface area (Å²) in [4.78, 5) is 19.1. The number of nitrogens with zero attached hydrogens (tertiary/aromatic N) is 2. The molecule has 0 radical (unpaired) electrons. The molecule has 0 saturated heterocycles. The fourth-order valence-corrected chi connectivity index (χ4v) is 3.68. The van der Waals surface area contributed by atoms with Crippen LogP contribution in [-0.2, 0) is 17.8 Å². The van der Waals surface area contributed by atoms with Crippen LogP contribution in [0.4, 0.5) is 5.69 Å². The van der Waals surface area contributed by atoms with Gasteiger partial charge in [-0.25, -0.2) is 0 Å². The summed E-state index contributed by atoms with van der Waals surface area (Å²) in [5.74, 6) is 1.44. The average Bonchev–Trinajstić information content (AvgIpc) is 2.73. The molecule has 0 unspecified atom stereocenters. The van der Waals surface area contributed by atoms with Gasteiger partial charge in [0.15, 0.2) is 11.5 Å². The topological polar surface area (TPSA) is 63.7 Å². The second-order valence-electron chi connectivity index (χ2n) is 6.86. The molecule has 144 valence electrons. The Hall–Kier alpha value is -3.12. The molecule has 1 aliphatic heterocycles. The van der Waals surface area contributed by atoms with Crippen molar-refractivity contribution in [3.63, 3.8) is 0 Å². The molecule has 4 rings (SSSR count). The molecule has 1 amide bonds. The summed E-state index contributed by atoms with van der Waals surface area (Å²) in [5, 5.41) is 3.98. The molecule has 6 nitrogen and oxygen atoms in total. The average molecular weight is 377 g/mol. The lowest BCUT2D eigenvalue weighted by Crippen LogP contribution is -2.37. The number of anilines is 1. The van der Waals surface area contributed by atoms with E-state index in [4.69, 9.17) is 9.47 Å². The van der Waals surface area contributed by atoms with Crippen LogP contribution in [0.3, 0.4) is 0 Å². The highest BCUT2D eigenvalue weighted by molar-refractivity contribution is 6.01. The summed E-state index contributed by atoms with van der Waals surface area (Å²) < 4.78 is 10.8. The zero-order chi connectivity index (χ0) is 19.5. The van der Waals surface area contributed by atoms with Crippen LogP contribution in [0.15, 0.2) is 48.7 Å². The molecular weight excluding hydrogens is 354 g/mol. The van der Waals surface area contributed by atoms with E-state index < -0.39 is 0 Å². The van der Waals surface area contributed by atoms with Gasteiger partial charge in [-0.2, -0.15) is 0 Å². The maximum atomic E-state index is 12.6. The van der Waals surface area contributed by atoms with Gasteiger partial charge in [0, 0.05) is 24.7 Å². The molecule has 3 aromatic rings. The highest BCUT2D eigenvalue weighted by Gasteiger charge is 2.21. The van der Waals surface area contributed by atoms with E-state index in [-0.39, 0.29) is 5.91 Å². The van der Waals surface area contributed by atoms with Crippen molar-refractivity contribution < 1.29 is 14.3 Å². The molecule has 0 saturated carbocycles. The van der Waals surface area contributed by atoms with Crippen molar-refractivity contribution in [2.75, 3.05) is 32.6 Å². The largest absolute Gasteiger partial charge is 0.493 e. The van der Waals surface area contributed by atoms with Crippen molar-refractivity contribution in [1.82, 2.24) is 9.88 Å². The lowest BCUT2D eigenvalue weighted by molar-refractivity contribution is -0.117. The monoisotopic (exact) mass is 377 g/mol. The Balaban J connectivity index is 1.46. The van der Waals surface area contributed by atoms with Crippen LogP contribution < -0.4 is 14.8 Å². The van der Waals surface area contributed by atoms with Crippen LogP contribution in [0.2, 0.25) is 0 Å². The van der Waals surface area contributed by atoms with E-state index in [0.29, 0.717) is 13.1 Å². The highest BCUT2D eigenvalue weighted by atomic mass is 16.5. The van der Waals surface area contributed by atoms with Gasteiger partial charge in [-0.05, 0) is 53.9 Å². The van der Waals surface area contributed by atoms with E-state index in [9.17, 15) is 4.79 Å². The van der Waals surface area contributed by atoms with E-state index >= 15 is 0 Å². The van der Waals surface area contributed by atoms with Crippen LogP contribution >= 0.6 is 0 Å². The Morgan fingerprint density at radius 2 is 1.89 bits per heavy atom. The summed E-state index contributed by atoms with van der Waals surface area (Å²) in [6, 6.07) is 13.6. The molecule has 0 fully saturated rings. The van der Waals surface area contributed by atoms with Crippen LogP contribution in [0.1, 0.15) is 11.1 Å². The quantitative estimate of drug-likeness (QED) is 0.740. The number of benzene rings is 2. The second kappa shape index (κ2) is 7.86. The van der Waals surface area contributed by atoms with Gasteiger partial charge in [-0.15, -0.1) is 0 Å². The third-order valence-electron chi connectivity index (χ3n) is 5.08. The van der Waals surface area contributed by atoms with Gasteiger partial charge in [0.05, 0.1) is 32.0 Å². The first kappa shape index (κ1) is 18.3. The van der Waals surface area contributed by atoms with E-state index in [1.165, 1.54) is 11.1 Å². The molecule has 0 atom stereocenters. The minimum absolute atomic E-state index is 0.0275. The predicted octanol–water partition coefficient (Wildman–Crippen LogP) is 3.25. The second-order valence-corrected chi connectivity index (χ2v) is 6.86. The van der Waals surface area contributed by atoms with Crippen molar-refractivity contribution in [2.24, 2.45) is 0 Å². The molecule has 1 aromatic heterocycles. The number of ether oxygens (including phenoxy) is 2. The minimum Gasteiger partial charge on any atom is -0.493 e. The summed E-state index contributed by atoms with van der Waals surface area (Å²) in [6.07, 6.45) is 2.63. The number of methoxy groups -OCH3 is 2. The third kappa shape index (κ3) is 3.64. The van der Waals surface area contributed by atoms with Crippen molar-refractivity contribution >= 4 is 22.5 Å². The number of amides is 1. The molecule has 0 aliphatic carbocycles. The summed E-state index contributed by atoms with van der Waals surface area (Å²) in [5.41, 5.74) is 4.08. The normalized spacial score (nSPS) is 13.8. The van der Waals surface area contributed by atoms with Gasteiger partial charge in [0.2, 0.25) is 5.91 Å². The Morgan fingerprint density at radius 1 is 1.11 bits per heavy atom. The molecule has 1 N–H and O–H groups in total. The zero-order valence-electron chi connectivity index (χ0n) is 16.1. The van der Waals surface area contributed by atoms with Gasteiger partial charge in [-0.1, -0.05) is 6.07 Å². The van der Waals surface area contributed by atoms with Crippen molar-refractivity contribution in [1.29, 1.82) is 0 Å². The lowest BCUT2D eigenvalue weighted by Gasteiger charge is -2.29. The minimum atomic E-state index is -0.0275. The molecule has 2 aromatic carbocycles. The first-order valence-electron chi connectivity index (χ1n) is 9.27. The van der Waals surface area contributed by atoms with Crippen LogP contribution in [0, 0.1) is 0 Å². The standard InChI is InChI=1S/C22H23N3O3/c1-27-20-11-15-8-10-25(13-16(15)12-21(20)28-2)14-22(26)24-19-7-3-6-18-17(19)5-4-9-23-18/h3-7,9,11-12H,8,10,13-14H2,1-2H3,(H,24,26). The Morgan fingerprint density at radius 3 is 2.68 bits per heavy atom. The van der Waals surface area contributed by atoms with E-state index in [2.05, 4.69) is 15.2 Å². The number of hydrogen-bond acceptors (Lipinski definition) is 5. The molecule has 28 heavy (non-hydrogen) atoms. The first-order valence-corrected chi connectivity index (χ1v) is 9.27. The highest BCUT2D eigenvalue weighted by Crippen LogP contribution is 2.33. The van der Waals surface area contributed by atoms with Gasteiger partial charge < -0.3 is 14.8 Å². The van der Waals surface area contributed by atoms with Crippen molar-refractivity contribution in [3.05, 3.63) is 59.8 Å². The Labute approximate surface area is 164 Å². The van der Waals surface area contributed by atoms with E-state index in [0.717, 1.165) is 41.1 Å². The molecule has 2 heterocycles. The number of hydrogen-bond donors (Lipinski definition) is 1. The number of carbonyl (C=O) groups excluding carboxylic acids is 1. The van der Waals surface area contributed by atoms with Crippen LogP contribution in [0.25, 0.3) is 10.9 Å². The number of nitrogens with one attached hydrogen (secondary N) is 1. The van der Waals surface area contributed by atoms with Gasteiger partial charge in [-0.3, -0.25) is 14.7 Å². The number of aromatic nitrogens is 1. The van der Waals surface area contributed by atoms with Gasteiger partial charge >= 0.3 is 0 Å². The predicted molar refractivity (Wildman–Crippen MR) is 109 cm³/mol. The lowest BCUT2D eigenvalue weighted by atomic mass is 9.99. The smallest absolute Gasteiger partial charge is 0.238 e. The molecule has 1 aliphatic rings. The number of fused-ring (bicyclic) bond motifs is 2.